The summed E-state index contributed by atoms with van der Waals surface area (Å²) in [5.41, 5.74) is 0.692. The molecule has 0 aliphatic carbocycles. The van der Waals surface area contributed by atoms with E-state index in [2.05, 4.69) is 11.8 Å². The monoisotopic (exact) mass is 223 g/mol. The fraction of sp³-hybridized carbons (Fsp3) is 0.538. The second-order valence-corrected chi connectivity index (χ2v) is 4.55. The summed E-state index contributed by atoms with van der Waals surface area (Å²) in [6, 6.07) is 5.03. The Morgan fingerprint density at radius 3 is 2.94 bits per heavy atom. The molecule has 0 radical (unpaired) electrons. The topological polar surface area (TPSA) is 23.5 Å². The number of benzene rings is 1. The van der Waals surface area contributed by atoms with E-state index in [4.69, 9.17) is 5.11 Å². The van der Waals surface area contributed by atoms with Crippen molar-refractivity contribution in [1.82, 2.24) is 4.90 Å². The maximum atomic E-state index is 13.4. The third kappa shape index (κ3) is 2.53. The van der Waals surface area contributed by atoms with Crippen molar-refractivity contribution in [2.75, 3.05) is 13.1 Å². The fourth-order valence-corrected chi connectivity index (χ4v) is 2.33. The molecule has 0 amide bonds. The normalized spacial score (nSPS) is 21.5. The molecule has 1 N–H and O–H groups in total. The van der Waals surface area contributed by atoms with Crippen LogP contribution < -0.4 is 0 Å². The average molecular weight is 223 g/mol. The first-order chi connectivity index (χ1) is 7.66. The van der Waals surface area contributed by atoms with E-state index in [0.717, 1.165) is 19.5 Å². The van der Waals surface area contributed by atoms with Crippen LogP contribution in [0.2, 0.25) is 0 Å². The minimum Gasteiger partial charge on any atom is -0.508 e. The summed E-state index contributed by atoms with van der Waals surface area (Å²) < 4.78 is 13.4. The minimum absolute atomic E-state index is 0.00390. The van der Waals surface area contributed by atoms with Crippen molar-refractivity contribution in [3.8, 4) is 5.75 Å². The van der Waals surface area contributed by atoms with Gasteiger partial charge in [-0.15, -0.1) is 0 Å². The van der Waals surface area contributed by atoms with Gasteiger partial charge in [-0.25, -0.2) is 4.39 Å². The van der Waals surface area contributed by atoms with E-state index in [1.165, 1.54) is 18.9 Å². The number of rotatable bonds is 3. The van der Waals surface area contributed by atoms with Gasteiger partial charge in [0.05, 0.1) is 0 Å². The molecule has 2 rings (SSSR count). The van der Waals surface area contributed by atoms with Crippen LogP contribution in [0, 0.1) is 5.82 Å². The van der Waals surface area contributed by atoms with E-state index >= 15 is 0 Å². The fourth-order valence-electron chi connectivity index (χ4n) is 2.33. The number of nitrogens with zero attached hydrogens (tertiary/aromatic N) is 1. The highest BCUT2D eigenvalue weighted by atomic mass is 19.1. The van der Waals surface area contributed by atoms with Crippen LogP contribution in [0.1, 0.15) is 25.3 Å². The molecule has 1 aromatic rings. The van der Waals surface area contributed by atoms with Crippen molar-refractivity contribution < 1.29 is 9.50 Å². The Kier molecular flexibility index (Phi) is 3.44. The van der Waals surface area contributed by atoms with E-state index in [-0.39, 0.29) is 11.6 Å². The lowest BCUT2D eigenvalue weighted by atomic mass is 10.1. The van der Waals surface area contributed by atoms with Crippen LogP contribution in [0.25, 0.3) is 0 Å². The number of halogens is 1. The molecular formula is C13H18FNO. The molecule has 1 saturated heterocycles. The molecule has 16 heavy (non-hydrogen) atoms. The zero-order chi connectivity index (χ0) is 11.5. The summed E-state index contributed by atoms with van der Waals surface area (Å²) in [5.74, 6) is -0.303. The molecule has 1 fully saturated rings. The van der Waals surface area contributed by atoms with Gasteiger partial charge < -0.3 is 10.0 Å². The SMILES string of the molecule is C[C@@H]1CCCN1CCc1ccc(O)cc1F. The van der Waals surface area contributed by atoms with Gasteiger partial charge in [0.1, 0.15) is 11.6 Å². The summed E-state index contributed by atoms with van der Waals surface area (Å²) in [6.07, 6.45) is 3.22. The van der Waals surface area contributed by atoms with Crippen LogP contribution in [-0.4, -0.2) is 29.1 Å². The van der Waals surface area contributed by atoms with E-state index in [1.807, 2.05) is 0 Å². The molecule has 1 aliphatic heterocycles. The second kappa shape index (κ2) is 4.83. The van der Waals surface area contributed by atoms with Crippen molar-refractivity contribution in [3.05, 3.63) is 29.6 Å². The van der Waals surface area contributed by atoms with Gasteiger partial charge in [0.25, 0.3) is 0 Å². The van der Waals surface area contributed by atoms with Gasteiger partial charge in [0, 0.05) is 18.7 Å². The molecular weight excluding hydrogens is 205 g/mol. The van der Waals surface area contributed by atoms with Gasteiger partial charge in [-0.3, -0.25) is 0 Å². The average Bonchev–Trinajstić information content (AvgIpc) is 2.63. The quantitative estimate of drug-likeness (QED) is 0.851. The van der Waals surface area contributed by atoms with Gasteiger partial charge in [0.15, 0.2) is 0 Å². The maximum absolute atomic E-state index is 13.4. The largest absolute Gasteiger partial charge is 0.508 e. The molecule has 2 nitrogen and oxygen atoms in total. The van der Waals surface area contributed by atoms with E-state index in [0.29, 0.717) is 11.6 Å². The van der Waals surface area contributed by atoms with Crippen molar-refractivity contribution in [2.45, 2.75) is 32.2 Å². The third-order valence-electron chi connectivity index (χ3n) is 3.40. The van der Waals surface area contributed by atoms with Gasteiger partial charge >= 0.3 is 0 Å². The Morgan fingerprint density at radius 2 is 2.31 bits per heavy atom. The standard InChI is InChI=1S/C13H18FNO/c1-10-3-2-7-15(10)8-6-11-4-5-12(16)9-13(11)14/h4-5,9-10,16H,2-3,6-8H2,1H3/t10-/m1/s1. The molecule has 1 heterocycles. The molecule has 0 bridgehead atoms. The number of phenolic OH excluding ortho intramolecular Hbond substituents is 1. The minimum atomic E-state index is -0.299. The molecule has 1 aliphatic rings. The van der Waals surface area contributed by atoms with Gasteiger partial charge in [-0.05, 0) is 44.4 Å². The number of hydrogen-bond acceptors (Lipinski definition) is 2. The van der Waals surface area contributed by atoms with Crippen LogP contribution in [-0.2, 0) is 6.42 Å². The van der Waals surface area contributed by atoms with Crippen molar-refractivity contribution in [1.29, 1.82) is 0 Å². The molecule has 0 saturated carbocycles. The molecule has 0 unspecified atom stereocenters. The van der Waals surface area contributed by atoms with Crippen molar-refractivity contribution >= 4 is 0 Å². The lowest BCUT2D eigenvalue weighted by Gasteiger charge is -2.20. The third-order valence-corrected chi connectivity index (χ3v) is 3.40. The zero-order valence-corrected chi connectivity index (χ0v) is 9.62. The molecule has 0 aromatic heterocycles. The summed E-state index contributed by atoms with van der Waals surface area (Å²) in [4.78, 5) is 2.40. The molecule has 3 heteroatoms. The predicted molar refractivity (Wildman–Crippen MR) is 62.0 cm³/mol. The highest BCUT2D eigenvalue weighted by molar-refractivity contribution is 5.27. The van der Waals surface area contributed by atoms with Crippen molar-refractivity contribution in [2.24, 2.45) is 0 Å². The van der Waals surface area contributed by atoms with E-state index in [1.54, 1.807) is 12.1 Å². The smallest absolute Gasteiger partial charge is 0.130 e. The first-order valence-corrected chi connectivity index (χ1v) is 5.88. The lowest BCUT2D eigenvalue weighted by Crippen LogP contribution is -2.29. The number of phenols is 1. The number of aromatic hydroxyl groups is 1. The highest BCUT2D eigenvalue weighted by Crippen LogP contribution is 2.19. The van der Waals surface area contributed by atoms with Gasteiger partial charge in [0.2, 0.25) is 0 Å². The second-order valence-electron chi connectivity index (χ2n) is 4.55. The van der Waals surface area contributed by atoms with Crippen LogP contribution in [0.3, 0.4) is 0 Å². The Hall–Kier alpha value is -1.09. The number of hydrogen-bond donors (Lipinski definition) is 1. The van der Waals surface area contributed by atoms with Crippen molar-refractivity contribution in [3.63, 3.8) is 0 Å². The highest BCUT2D eigenvalue weighted by Gasteiger charge is 2.19. The van der Waals surface area contributed by atoms with Crippen LogP contribution in [0.15, 0.2) is 18.2 Å². The van der Waals surface area contributed by atoms with Gasteiger partial charge in [-0.2, -0.15) is 0 Å². The molecule has 88 valence electrons. The Balaban J connectivity index is 1.94. The van der Waals surface area contributed by atoms with Crippen LogP contribution >= 0.6 is 0 Å². The maximum Gasteiger partial charge on any atom is 0.130 e. The zero-order valence-electron chi connectivity index (χ0n) is 9.62. The molecule has 0 spiro atoms. The van der Waals surface area contributed by atoms with Gasteiger partial charge in [-0.1, -0.05) is 6.07 Å². The van der Waals surface area contributed by atoms with E-state index in [9.17, 15) is 4.39 Å². The lowest BCUT2D eigenvalue weighted by molar-refractivity contribution is 0.271. The first kappa shape index (κ1) is 11.4. The molecule has 1 atom stereocenters. The number of likely N-dealkylation sites (tertiary alicyclic amines) is 1. The summed E-state index contributed by atoms with van der Waals surface area (Å²) in [5, 5.41) is 9.11. The Bertz CT molecular complexity index is 367. The Morgan fingerprint density at radius 1 is 1.50 bits per heavy atom. The Labute approximate surface area is 95.7 Å². The predicted octanol–water partition coefficient (Wildman–Crippen LogP) is 2.56. The summed E-state index contributed by atoms with van der Waals surface area (Å²) in [6.45, 7) is 4.25. The van der Waals surface area contributed by atoms with Crippen LogP contribution in [0.5, 0.6) is 5.75 Å². The molecule has 1 aromatic carbocycles. The first-order valence-electron chi connectivity index (χ1n) is 5.88. The van der Waals surface area contributed by atoms with E-state index < -0.39 is 0 Å². The van der Waals surface area contributed by atoms with Crippen LogP contribution in [0.4, 0.5) is 4.39 Å². The summed E-state index contributed by atoms with van der Waals surface area (Å²) in [7, 11) is 0. The summed E-state index contributed by atoms with van der Waals surface area (Å²) >= 11 is 0.